The Labute approximate surface area is 109 Å². The fraction of sp³-hybridized carbons (Fsp3) is 0.500. The predicted molar refractivity (Wildman–Crippen MR) is 70.3 cm³/mol. The number of likely N-dealkylation sites (tertiary alicyclic amines) is 1. The molecule has 1 saturated heterocycles. The number of thiophene rings is 1. The normalized spacial score (nSPS) is 16.1. The van der Waals surface area contributed by atoms with Gasteiger partial charge in [0, 0.05) is 13.1 Å². The van der Waals surface area contributed by atoms with E-state index in [1.807, 2.05) is 0 Å². The van der Waals surface area contributed by atoms with E-state index in [4.69, 9.17) is 5.11 Å². The zero-order valence-corrected chi connectivity index (χ0v) is 10.8. The Hall–Kier alpha value is -1.56. The number of carboxylic acids is 1. The average molecular weight is 268 g/mol. The third-order valence-corrected chi connectivity index (χ3v) is 3.93. The zero-order chi connectivity index (χ0) is 13.0. The first-order valence-electron chi connectivity index (χ1n) is 6.06. The van der Waals surface area contributed by atoms with Crippen LogP contribution in [0.1, 0.15) is 35.4 Å². The summed E-state index contributed by atoms with van der Waals surface area (Å²) in [7, 11) is 0. The first-order chi connectivity index (χ1) is 8.66. The number of anilines is 1. The maximum absolute atomic E-state index is 12.0. The molecule has 2 heterocycles. The van der Waals surface area contributed by atoms with E-state index in [9.17, 15) is 9.59 Å². The molecular weight excluding hydrogens is 252 g/mol. The lowest BCUT2D eigenvalue weighted by Gasteiger charge is -2.20. The third-order valence-electron chi connectivity index (χ3n) is 2.94. The molecular formula is C12H16N2O3S. The smallest absolute Gasteiger partial charge is 0.345 e. The Morgan fingerprint density at radius 2 is 1.83 bits per heavy atom. The van der Waals surface area contributed by atoms with Crippen molar-refractivity contribution in [1.82, 2.24) is 4.90 Å². The van der Waals surface area contributed by atoms with Crippen LogP contribution >= 0.6 is 11.3 Å². The lowest BCUT2D eigenvalue weighted by Crippen LogP contribution is -2.35. The van der Waals surface area contributed by atoms with Crippen LogP contribution in [0.3, 0.4) is 0 Å². The number of hydrogen-bond acceptors (Lipinski definition) is 3. The Bertz CT molecular complexity index is 436. The highest BCUT2D eigenvalue weighted by Gasteiger charge is 2.16. The molecule has 6 heteroatoms. The molecule has 0 spiro atoms. The molecule has 98 valence electrons. The number of nitrogens with zero attached hydrogens (tertiary/aromatic N) is 1. The van der Waals surface area contributed by atoms with E-state index in [2.05, 4.69) is 5.32 Å². The lowest BCUT2D eigenvalue weighted by molar-refractivity contribution is 0.0702. The maximum Gasteiger partial charge on any atom is 0.345 e. The van der Waals surface area contributed by atoms with Gasteiger partial charge in [0.1, 0.15) is 4.88 Å². The van der Waals surface area contributed by atoms with Crippen LogP contribution in [0.4, 0.5) is 9.80 Å². The van der Waals surface area contributed by atoms with Gasteiger partial charge < -0.3 is 10.0 Å². The maximum atomic E-state index is 12.0. The summed E-state index contributed by atoms with van der Waals surface area (Å²) in [6.07, 6.45) is 4.42. The zero-order valence-electron chi connectivity index (χ0n) is 10.0. The van der Waals surface area contributed by atoms with Crippen LogP contribution in [0.25, 0.3) is 0 Å². The van der Waals surface area contributed by atoms with E-state index < -0.39 is 5.97 Å². The second kappa shape index (κ2) is 5.86. The van der Waals surface area contributed by atoms with Gasteiger partial charge in [-0.05, 0) is 25.0 Å². The number of carbonyl (C=O) groups excluding carboxylic acids is 1. The molecule has 1 aromatic rings. The molecule has 0 aliphatic carbocycles. The highest BCUT2D eigenvalue weighted by molar-refractivity contribution is 7.18. The molecule has 5 nitrogen and oxygen atoms in total. The molecule has 1 aliphatic heterocycles. The lowest BCUT2D eigenvalue weighted by atomic mass is 10.2. The first kappa shape index (κ1) is 12.9. The van der Waals surface area contributed by atoms with Gasteiger partial charge in [0.25, 0.3) is 0 Å². The average Bonchev–Trinajstić information content (AvgIpc) is 2.64. The van der Waals surface area contributed by atoms with E-state index in [1.165, 1.54) is 18.9 Å². The van der Waals surface area contributed by atoms with Gasteiger partial charge in [-0.15, -0.1) is 11.3 Å². The molecule has 2 amide bonds. The van der Waals surface area contributed by atoms with Crippen LogP contribution in [-0.4, -0.2) is 35.1 Å². The SMILES string of the molecule is O=C(O)c1ccc(NC(=O)N2CCCCCC2)s1. The minimum atomic E-state index is -0.963. The highest BCUT2D eigenvalue weighted by atomic mass is 32.1. The largest absolute Gasteiger partial charge is 0.477 e. The summed E-state index contributed by atoms with van der Waals surface area (Å²) in [4.78, 5) is 24.7. The molecule has 2 N–H and O–H groups in total. The Morgan fingerprint density at radius 1 is 1.17 bits per heavy atom. The Kier molecular flexibility index (Phi) is 4.19. The van der Waals surface area contributed by atoms with Crippen molar-refractivity contribution < 1.29 is 14.7 Å². The van der Waals surface area contributed by atoms with Crippen molar-refractivity contribution in [2.75, 3.05) is 18.4 Å². The molecule has 1 fully saturated rings. The number of aromatic carboxylic acids is 1. The van der Waals surface area contributed by atoms with E-state index in [0.29, 0.717) is 5.00 Å². The summed E-state index contributed by atoms with van der Waals surface area (Å²) in [5, 5.41) is 12.1. The number of nitrogens with one attached hydrogen (secondary N) is 1. The second-order valence-corrected chi connectivity index (χ2v) is 5.38. The molecule has 0 saturated carbocycles. The molecule has 0 aromatic carbocycles. The first-order valence-corrected chi connectivity index (χ1v) is 6.87. The van der Waals surface area contributed by atoms with Gasteiger partial charge in [0.05, 0.1) is 5.00 Å². The monoisotopic (exact) mass is 268 g/mol. The quantitative estimate of drug-likeness (QED) is 0.866. The minimum Gasteiger partial charge on any atom is -0.477 e. The van der Waals surface area contributed by atoms with Crippen LogP contribution in [0.15, 0.2) is 12.1 Å². The summed E-state index contributed by atoms with van der Waals surface area (Å²) in [6, 6.07) is 3.00. The Balaban J connectivity index is 1.94. The van der Waals surface area contributed by atoms with Gasteiger partial charge in [-0.3, -0.25) is 5.32 Å². The Morgan fingerprint density at radius 3 is 2.39 bits per heavy atom. The van der Waals surface area contributed by atoms with Gasteiger partial charge in [-0.1, -0.05) is 12.8 Å². The molecule has 0 atom stereocenters. The van der Waals surface area contributed by atoms with Crippen LogP contribution in [-0.2, 0) is 0 Å². The van der Waals surface area contributed by atoms with Crippen LogP contribution in [0.2, 0.25) is 0 Å². The van der Waals surface area contributed by atoms with Crippen LogP contribution < -0.4 is 5.32 Å². The van der Waals surface area contributed by atoms with E-state index in [0.717, 1.165) is 37.3 Å². The fourth-order valence-corrected chi connectivity index (χ4v) is 2.71. The summed E-state index contributed by atoms with van der Waals surface area (Å²) >= 11 is 1.08. The summed E-state index contributed by atoms with van der Waals surface area (Å²) < 4.78 is 0. The number of urea groups is 1. The summed E-state index contributed by atoms with van der Waals surface area (Å²) in [5.74, 6) is -0.963. The van der Waals surface area contributed by atoms with E-state index in [-0.39, 0.29) is 10.9 Å². The number of carbonyl (C=O) groups is 2. The van der Waals surface area contributed by atoms with Crippen molar-refractivity contribution in [2.45, 2.75) is 25.7 Å². The van der Waals surface area contributed by atoms with Crippen molar-refractivity contribution in [2.24, 2.45) is 0 Å². The number of rotatable bonds is 2. The van der Waals surface area contributed by atoms with E-state index >= 15 is 0 Å². The van der Waals surface area contributed by atoms with Crippen molar-refractivity contribution >= 4 is 28.3 Å². The van der Waals surface area contributed by atoms with Crippen molar-refractivity contribution in [3.63, 3.8) is 0 Å². The molecule has 0 radical (unpaired) electrons. The molecule has 1 aliphatic rings. The number of hydrogen-bond donors (Lipinski definition) is 2. The highest BCUT2D eigenvalue weighted by Crippen LogP contribution is 2.22. The van der Waals surface area contributed by atoms with Crippen molar-refractivity contribution in [1.29, 1.82) is 0 Å². The van der Waals surface area contributed by atoms with E-state index in [1.54, 1.807) is 11.0 Å². The molecule has 0 bridgehead atoms. The molecule has 1 aromatic heterocycles. The van der Waals surface area contributed by atoms with Crippen LogP contribution in [0.5, 0.6) is 0 Å². The molecule has 18 heavy (non-hydrogen) atoms. The topological polar surface area (TPSA) is 69.6 Å². The van der Waals surface area contributed by atoms with Crippen molar-refractivity contribution in [3.8, 4) is 0 Å². The van der Waals surface area contributed by atoms with Gasteiger partial charge >= 0.3 is 12.0 Å². The minimum absolute atomic E-state index is 0.129. The number of carboxylic acid groups (broad SMARTS) is 1. The van der Waals surface area contributed by atoms with Gasteiger partial charge in [-0.25, -0.2) is 9.59 Å². The summed E-state index contributed by atoms with van der Waals surface area (Å²) in [6.45, 7) is 1.56. The van der Waals surface area contributed by atoms with Gasteiger partial charge in [0.2, 0.25) is 0 Å². The van der Waals surface area contributed by atoms with Crippen molar-refractivity contribution in [3.05, 3.63) is 17.0 Å². The van der Waals surface area contributed by atoms with Gasteiger partial charge in [-0.2, -0.15) is 0 Å². The fourth-order valence-electron chi connectivity index (χ4n) is 1.98. The third kappa shape index (κ3) is 3.22. The molecule has 2 rings (SSSR count). The standard InChI is InChI=1S/C12H16N2O3S/c15-11(16)9-5-6-10(18-9)13-12(17)14-7-3-1-2-4-8-14/h5-6H,1-4,7-8H2,(H,13,17)(H,15,16). The molecule has 0 unspecified atom stereocenters. The predicted octanol–water partition coefficient (Wildman–Crippen LogP) is 2.85. The van der Waals surface area contributed by atoms with Gasteiger partial charge in [0.15, 0.2) is 0 Å². The second-order valence-electron chi connectivity index (χ2n) is 4.30. The summed E-state index contributed by atoms with van der Waals surface area (Å²) in [5.41, 5.74) is 0. The number of amides is 2. The van der Waals surface area contributed by atoms with Crippen LogP contribution in [0, 0.1) is 0 Å².